The molecule has 0 aliphatic carbocycles. The Morgan fingerprint density at radius 2 is 1.82 bits per heavy atom. The van der Waals surface area contributed by atoms with Crippen molar-refractivity contribution in [1.82, 2.24) is 0 Å². The van der Waals surface area contributed by atoms with Crippen molar-refractivity contribution in [2.45, 2.75) is 37.3 Å². The van der Waals surface area contributed by atoms with E-state index in [1.807, 2.05) is 60.7 Å². The van der Waals surface area contributed by atoms with Gasteiger partial charge in [-0.3, -0.25) is 0 Å². The van der Waals surface area contributed by atoms with Crippen LogP contribution in [0.15, 0.2) is 65.8 Å². The SMILES string of the molecule is [N-]=[N+]=N[C@H](COCc1ccccc1)[C@@H](O)[C@@H]1O[C@H](c2ccccc2)OC[C@H]1O. The molecule has 2 aromatic carbocycles. The van der Waals surface area contributed by atoms with Crippen molar-refractivity contribution >= 4 is 0 Å². The van der Waals surface area contributed by atoms with Gasteiger partial charge in [-0.2, -0.15) is 0 Å². The van der Waals surface area contributed by atoms with Gasteiger partial charge in [-0.05, 0) is 11.1 Å². The maximum Gasteiger partial charge on any atom is 0.184 e. The average molecular weight is 385 g/mol. The first-order chi connectivity index (χ1) is 13.7. The third-order valence-corrected chi connectivity index (χ3v) is 4.48. The fourth-order valence-electron chi connectivity index (χ4n) is 3.00. The lowest BCUT2D eigenvalue weighted by Crippen LogP contribution is -2.51. The molecule has 0 bridgehead atoms. The lowest BCUT2D eigenvalue weighted by molar-refractivity contribution is -0.278. The second-order valence-electron chi connectivity index (χ2n) is 6.51. The zero-order chi connectivity index (χ0) is 19.8. The maximum atomic E-state index is 10.7. The molecule has 2 N–H and O–H groups in total. The summed E-state index contributed by atoms with van der Waals surface area (Å²) in [5, 5.41) is 24.6. The van der Waals surface area contributed by atoms with Gasteiger partial charge >= 0.3 is 0 Å². The van der Waals surface area contributed by atoms with Gasteiger partial charge in [-0.25, -0.2) is 0 Å². The summed E-state index contributed by atoms with van der Waals surface area (Å²) in [5.41, 5.74) is 10.6. The molecule has 0 radical (unpaired) electrons. The predicted molar refractivity (Wildman–Crippen MR) is 101 cm³/mol. The Morgan fingerprint density at radius 1 is 1.14 bits per heavy atom. The maximum absolute atomic E-state index is 10.7. The average Bonchev–Trinajstić information content (AvgIpc) is 2.74. The van der Waals surface area contributed by atoms with Gasteiger partial charge in [0.05, 0.1) is 32.0 Å². The van der Waals surface area contributed by atoms with Crippen molar-refractivity contribution < 1.29 is 24.4 Å². The fraction of sp³-hybridized carbons (Fsp3) is 0.400. The summed E-state index contributed by atoms with van der Waals surface area (Å²) in [7, 11) is 0. The number of hydrogen-bond donors (Lipinski definition) is 2. The molecule has 0 aromatic heterocycles. The van der Waals surface area contributed by atoms with Crippen LogP contribution in [0, 0.1) is 0 Å². The van der Waals surface area contributed by atoms with Crippen LogP contribution in [-0.4, -0.2) is 47.8 Å². The van der Waals surface area contributed by atoms with E-state index < -0.39 is 30.6 Å². The highest BCUT2D eigenvalue weighted by Crippen LogP contribution is 2.29. The van der Waals surface area contributed by atoms with Crippen molar-refractivity contribution in [2.24, 2.45) is 5.11 Å². The summed E-state index contributed by atoms with van der Waals surface area (Å²) in [5.74, 6) is 0. The summed E-state index contributed by atoms with van der Waals surface area (Å²) in [6.45, 7) is 0.299. The number of nitrogens with zero attached hydrogens (tertiary/aromatic N) is 3. The summed E-state index contributed by atoms with van der Waals surface area (Å²) in [4.78, 5) is 2.80. The van der Waals surface area contributed by atoms with Crippen LogP contribution in [0.5, 0.6) is 0 Å². The van der Waals surface area contributed by atoms with E-state index in [9.17, 15) is 10.2 Å². The van der Waals surface area contributed by atoms with Crippen LogP contribution < -0.4 is 0 Å². The Morgan fingerprint density at radius 3 is 2.50 bits per heavy atom. The smallest absolute Gasteiger partial charge is 0.184 e. The van der Waals surface area contributed by atoms with Crippen molar-refractivity contribution in [3.8, 4) is 0 Å². The number of azide groups is 1. The molecule has 8 heteroatoms. The lowest BCUT2D eigenvalue weighted by Gasteiger charge is -2.38. The van der Waals surface area contributed by atoms with Crippen LogP contribution >= 0.6 is 0 Å². The van der Waals surface area contributed by atoms with Gasteiger partial charge in [0.1, 0.15) is 12.2 Å². The number of aliphatic hydroxyl groups excluding tert-OH is 2. The largest absolute Gasteiger partial charge is 0.390 e. The fourth-order valence-corrected chi connectivity index (χ4v) is 3.00. The first-order valence-corrected chi connectivity index (χ1v) is 9.03. The highest BCUT2D eigenvalue weighted by Gasteiger charge is 2.39. The Bertz CT molecular complexity index is 770. The third-order valence-electron chi connectivity index (χ3n) is 4.48. The van der Waals surface area contributed by atoms with Crippen LogP contribution in [0.4, 0.5) is 0 Å². The Labute approximate surface area is 162 Å². The first kappa shape index (κ1) is 20.3. The molecule has 0 spiro atoms. The van der Waals surface area contributed by atoms with E-state index in [0.717, 1.165) is 11.1 Å². The molecule has 1 heterocycles. The van der Waals surface area contributed by atoms with Crippen LogP contribution in [0.3, 0.4) is 0 Å². The summed E-state index contributed by atoms with van der Waals surface area (Å²) in [6, 6.07) is 17.8. The van der Waals surface area contributed by atoms with Gasteiger partial charge in [0.15, 0.2) is 6.29 Å². The van der Waals surface area contributed by atoms with Gasteiger partial charge in [0, 0.05) is 10.5 Å². The molecular formula is C20H23N3O5. The normalized spacial score (nSPS) is 24.1. The molecule has 0 saturated carbocycles. The van der Waals surface area contributed by atoms with E-state index in [1.165, 1.54) is 0 Å². The number of rotatable bonds is 8. The van der Waals surface area contributed by atoms with Crippen LogP contribution in [0.2, 0.25) is 0 Å². The molecular weight excluding hydrogens is 362 g/mol. The van der Waals surface area contributed by atoms with Crippen molar-refractivity contribution in [3.63, 3.8) is 0 Å². The molecule has 2 aromatic rings. The van der Waals surface area contributed by atoms with Crippen LogP contribution in [0.25, 0.3) is 10.4 Å². The molecule has 3 rings (SSSR count). The van der Waals surface area contributed by atoms with Crippen LogP contribution in [-0.2, 0) is 20.8 Å². The number of ether oxygens (including phenoxy) is 3. The van der Waals surface area contributed by atoms with Gasteiger partial charge in [-0.15, -0.1) is 0 Å². The molecule has 5 atom stereocenters. The summed E-state index contributed by atoms with van der Waals surface area (Å²) >= 11 is 0. The quantitative estimate of drug-likeness (QED) is 0.412. The molecule has 1 saturated heterocycles. The number of aliphatic hydroxyl groups is 2. The molecule has 1 aliphatic heterocycles. The van der Waals surface area contributed by atoms with Gasteiger partial charge in [0.2, 0.25) is 0 Å². The second kappa shape index (κ2) is 10.2. The zero-order valence-corrected chi connectivity index (χ0v) is 15.2. The molecule has 1 fully saturated rings. The van der Waals surface area contributed by atoms with Crippen molar-refractivity contribution in [2.75, 3.05) is 13.2 Å². The molecule has 0 amide bonds. The lowest BCUT2D eigenvalue weighted by atomic mass is 10.0. The minimum atomic E-state index is -1.25. The van der Waals surface area contributed by atoms with E-state index in [1.54, 1.807) is 0 Å². The Balaban J connectivity index is 1.63. The Hall–Kier alpha value is -2.45. The van der Waals surface area contributed by atoms with Crippen LogP contribution in [0.1, 0.15) is 17.4 Å². The third kappa shape index (κ3) is 5.30. The minimum absolute atomic E-state index is 0.00481. The topological polar surface area (TPSA) is 117 Å². The molecule has 0 unspecified atom stereocenters. The highest BCUT2D eigenvalue weighted by atomic mass is 16.7. The van der Waals surface area contributed by atoms with Gasteiger partial charge in [-0.1, -0.05) is 65.8 Å². The number of hydrogen-bond acceptors (Lipinski definition) is 6. The standard InChI is InChI=1S/C20H23N3O5/c21-23-22-16(12-26-11-14-7-3-1-4-8-14)18(25)19-17(24)13-27-20(28-19)15-9-5-2-6-10-15/h1-10,16-20,24-25H,11-13H2/t16-,17-,18-,19-,20-/m1/s1. The first-order valence-electron chi connectivity index (χ1n) is 9.03. The highest BCUT2D eigenvalue weighted by molar-refractivity contribution is 5.16. The van der Waals surface area contributed by atoms with E-state index in [0.29, 0.717) is 6.61 Å². The zero-order valence-electron chi connectivity index (χ0n) is 15.2. The molecule has 28 heavy (non-hydrogen) atoms. The van der Waals surface area contributed by atoms with Gasteiger partial charge < -0.3 is 24.4 Å². The predicted octanol–water partition coefficient (Wildman–Crippen LogP) is 2.72. The number of benzene rings is 2. The summed E-state index contributed by atoms with van der Waals surface area (Å²) < 4.78 is 16.9. The molecule has 8 nitrogen and oxygen atoms in total. The van der Waals surface area contributed by atoms with E-state index in [2.05, 4.69) is 10.0 Å². The minimum Gasteiger partial charge on any atom is -0.390 e. The van der Waals surface area contributed by atoms with E-state index >= 15 is 0 Å². The summed E-state index contributed by atoms with van der Waals surface area (Å²) in [6.07, 6.45) is -4.01. The molecule has 148 valence electrons. The molecule has 1 aliphatic rings. The monoisotopic (exact) mass is 385 g/mol. The second-order valence-corrected chi connectivity index (χ2v) is 6.51. The van der Waals surface area contributed by atoms with E-state index in [4.69, 9.17) is 19.7 Å². The van der Waals surface area contributed by atoms with Crippen molar-refractivity contribution in [1.29, 1.82) is 0 Å². The van der Waals surface area contributed by atoms with E-state index in [-0.39, 0.29) is 13.2 Å². The Kier molecular flexibility index (Phi) is 7.39. The van der Waals surface area contributed by atoms with Crippen molar-refractivity contribution in [3.05, 3.63) is 82.2 Å². The van der Waals surface area contributed by atoms with Gasteiger partial charge in [0.25, 0.3) is 0 Å².